The molecule has 0 radical (unpaired) electrons. The summed E-state index contributed by atoms with van der Waals surface area (Å²) in [5.74, 6) is 0.371. The van der Waals surface area contributed by atoms with Gasteiger partial charge < -0.3 is 70.0 Å². The Balaban J connectivity index is 1.31. The zero-order valence-corrected chi connectivity index (χ0v) is 31.8. The first-order valence-electron chi connectivity index (χ1n) is 19.9. The van der Waals surface area contributed by atoms with Crippen LogP contribution in [0.3, 0.4) is 0 Å². The van der Waals surface area contributed by atoms with Crippen molar-refractivity contribution in [2.24, 2.45) is 46.3 Å². The van der Waals surface area contributed by atoms with Gasteiger partial charge in [-0.1, -0.05) is 46.3 Å². The van der Waals surface area contributed by atoms with E-state index in [0.717, 1.165) is 31.3 Å². The number of fused-ring (bicyclic) bond motifs is 5. The molecular formula is C39H66O14. The largest absolute Gasteiger partial charge is 0.394 e. The Morgan fingerprint density at radius 3 is 1.92 bits per heavy atom. The molecule has 53 heavy (non-hydrogen) atoms. The van der Waals surface area contributed by atoms with Crippen LogP contribution in [-0.4, -0.2) is 150 Å². The van der Waals surface area contributed by atoms with Gasteiger partial charge in [0.15, 0.2) is 12.6 Å². The molecule has 4 aliphatic carbocycles. The zero-order chi connectivity index (χ0) is 38.7. The lowest BCUT2D eigenvalue weighted by atomic mass is 9.46. The molecule has 14 nitrogen and oxygen atoms in total. The molecule has 5 fully saturated rings. The normalized spacial score (nSPS) is 51.2. The minimum atomic E-state index is -1.59. The van der Waals surface area contributed by atoms with Crippen LogP contribution in [0.25, 0.3) is 0 Å². The molecule has 21 atom stereocenters. The molecule has 2 aliphatic heterocycles. The van der Waals surface area contributed by atoms with E-state index in [4.69, 9.17) is 18.9 Å². The van der Waals surface area contributed by atoms with Crippen LogP contribution < -0.4 is 0 Å². The van der Waals surface area contributed by atoms with Gasteiger partial charge in [-0.25, -0.2) is 0 Å². The third-order valence-electron chi connectivity index (χ3n) is 14.7. The van der Waals surface area contributed by atoms with Gasteiger partial charge in [-0.2, -0.15) is 0 Å². The fraction of sp³-hybridized carbons (Fsp3) is 0.949. The fourth-order valence-corrected chi connectivity index (χ4v) is 11.7. The van der Waals surface area contributed by atoms with E-state index in [9.17, 15) is 51.1 Å². The van der Waals surface area contributed by atoms with E-state index >= 15 is 0 Å². The summed E-state index contributed by atoms with van der Waals surface area (Å²) in [6.45, 7) is 9.58. The average molecular weight is 759 g/mol. The van der Waals surface area contributed by atoms with Crippen molar-refractivity contribution in [3.8, 4) is 0 Å². The van der Waals surface area contributed by atoms with Gasteiger partial charge in [0.05, 0.1) is 37.6 Å². The van der Waals surface area contributed by atoms with Crippen molar-refractivity contribution >= 4 is 0 Å². The summed E-state index contributed by atoms with van der Waals surface area (Å²) in [6.07, 6.45) is -9.27. The second-order valence-corrected chi connectivity index (χ2v) is 18.1. The highest BCUT2D eigenvalue weighted by atomic mass is 16.7. The summed E-state index contributed by atoms with van der Waals surface area (Å²) in [6, 6.07) is 0. The van der Waals surface area contributed by atoms with Gasteiger partial charge in [-0.15, -0.1) is 0 Å². The third-order valence-corrected chi connectivity index (χ3v) is 14.7. The molecule has 14 heteroatoms. The van der Waals surface area contributed by atoms with Crippen molar-refractivity contribution in [2.45, 2.75) is 172 Å². The van der Waals surface area contributed by atoms with Gasteiger partial charge in [0.25, 0.3) is 0 Å². The molecule has 1 unspecified atom stereocenters. The maximum Gasteiger partial charge on any atom is 0.187 e. The smallest absolute Gasteiger partial charge is 0.187 e. The van der Waals surface area contributed by atoms with Crippen LogP contribution in [0, 0.1) is 46.3 Å². The van der Waals surface area contributed by atoms with E-state index in [2.05, 4.69) is 40.7 Å². The quantitative estimate of drug-likeness (QED) is 0.124. The first-order valence-corrected chi connectivity index (χ1v) is 19.9. The van der Waals surface area contributed by atoms with Crippen LogP contribution in [0.1, 0.15) is 86.0 Å². The van der Waals surface area contributed by atoms with Crippen LogP contribution in [0.15, 0.2) is 11.6 Å². The maximum absolute atomic E-state index is 11.6. The van der Waals surface area contributed by atoms with Crippen molar-refractivity contribution in [1.82, 2.24) is 0 Å². The summed E-state index contributed by atoms with van der Waals surface area (Å²) in [5, 5.41) is 106. The predicted octanol–water partition coefficient (Wildman–Crippen LogP) is -0.0505. The SMILES string of the molecule is CC(C)CC[C@H](O)[C@@H](C)[C@H]1[C@@H](O[C@@H]2O[C@H](CO)[C@@H](O)[C@H](O)[C@H]2O)C[C@H]2[C@@H]3CC=C4C[C@@H](O)C[C@@H](O[C@@H]5O[C@H](CO)[C@@H](O)[C@H](O)[C@H]5O)[C@]4(C)[C@H]3CCC12C. The molecule has 306 valence electrons. The molecule has 0 bridgehead atoms. The molecular weight excluding hydrogens is 692 g/mol. The Bertz CT molecular complexity index is 1260. The van der Waals surface area contributed by atoms with E-state index in [1.54, 1.807) is 0 Å². The molecule has 3 saturated carbocycles. The molecule has 2 saturated heterocycles. The van der Waals surface area contributed by atoms with E-state index < -0.39 is 104 Å². The van der Waals surface area contributed by atoms with E-state index in [0.29, 0.717) is 25.2 Å². The van der Waals surface area contributed by atoms with Crippen LogP contribution in [0.5, 0.6) is 0 Å². The summed E-state index contributed by atoms with van der Waals surface area (Å²) in [4.78, 5) is 0. The summed E-state index contributed by atoms with van der Waals surface area (Å²) in [7, 11) is 0. The topological polar surface area (TPSA) is 239 Å². The van der Waals surface area contributed by atoms with Crippen LogP contribution in [0.2, 0.25) is 0 Å². The minimum Gasteiger partial charge on any atom is -0.394 e. The highest BCUT2D eigenvalue weighted by Crippen LogP contribution is 2.68. The van der Waals surface area contributed by atoms with Crippen molar-refractivity contribution in [3.05, 3.63) is 11.6 Å². The molecule has 0 aromatic rings. The van der Waals surface area contributed by atoms with E-state index in [-0.39, 0.29) is 41.4 Å². The van der Waals surface area contributed by atoms with Gasteiger partial charge in [0.2, 0.25) is 0 Å². The fourth-order valence-electron chi connectivity index (χ4n) is 11.7. The summed E-state index contributed by atoms with van der Waals surface area (Å²) < 4.78 is 24.8. The van der Waals surface area contributed by atoms with Crippen molar-refractivity contribution < 1.29 is 70.0 Å². The van der Waals surface area contributed by atoms with Crippen molar-refractivity contribution in [2.75, 3.05) is 13.2 Å². The molecule has 0 amide bonds. The van der Waals surface area contributed by atoms with Crippen LogP contribution >= 0.6 is 0 Å². The lowest BCUT2D eigenvalue weighted by Gasteiger charge is -2.60. The molecule has 0 spiro atoms. The maximum atomic E-state index is 11.6. The number of ether oxygens (including phenoxy) is 4. The van der Waals surface area contributed by atoms with Gasteiger partial charge >= 0.3 is 0 Å². The lowest BCUT2D eigenvalue weighted by molar-refractivity contribution is -0.324. The van der Waals surface area contributed by atoms with Crippen molar-refractivity contribution in [3.63, 3.8) is 0 Å². The Labute approximate surface area is 312 Å². The molecule has 0 aromatic heterocycles. The predicted molar refractivity (Wildman–Crippen MR) is 188 cm³/mol. The Morgan fingerprint density at radius 2 is 1.36 bits per heavy atom. The number of aliphatic hydroxyl groups excluding tert-OH is 10. The summed E-state index contributed by atoms with van der Waals surface area (Å²) in [5.41, 5.74) is 0.176. The highest BCUT2D eigenvalue weighted by molar-refractivity contribution is 5.28. The molecule has 2 heterocycles. The number of aliphatic hydroxyl groups is 10. The molecule has 10 N–H and O–H groups in total. The Morgan fingerprint density at radius 1 is 0.774 bits per heavy atom. The lowest BCUT2D eigenvalue weighted by Crippen LogP contribution is -2.62. The molecule has 6 aliphatic rings. The van der Waals surface area contributed by atoms with E-state index in [1.807, 2.05) is 0 Å². The average Bonchev–Trinajstić information content (AvgIpc) is 3.42. The Hall–Kier alpha value is -0.820. The number of allylic oxidation sites excluding steroid dienone is 1. The van der Waals surface area contributed by atoms with Crippen LogP contribution in [0.4, 0.5) is 0 Å². The van der Waals surface area contributed by atoms with Crippen LogP contribution in [-0.2, 0) is 18.9 Å². The number of hydrogen-bond donors (Lipinski definition) is 10. The van der Waals surface area contributed by atoms with Gasteiger partial charge in [-0.3, -0.25) is 0 Å². The third kappa shape index (κ3) is 7.42. The monoisotopic (exact) mass is 758 g/mol. The standard InChI is InChI=1S/C39H66O14/c1-17(2)6-9-24(43)18(3)29-25(50-36-34(48)32(46)30(44)26(15-40)51-36)14-23-21-8-7-19-12-20(42)13-28(39(19,5)22(21)10-11-38(23,29)4)53-37-35(49)33(47)31(45)27(16-41)52-37/h7,17-18,20-37,40-49H,6,8-16H2,1-5H3/t18-,20-,21-,22+,23+,24+,25+,26-,27-,28-,29+,30-,31-,32+,33+,34-,35-,36-,37+,38?,39+/m1/s1. The van der Waals surface area contributed by atoms with Gasteiger partial charge in [-0.05, 0) is 85.9 Å². The Kier molecular flexibility index (Phi) is 12.8. The minimum absolute atomic E-state index is 0.0794. The van der Waals surface area contributed by atoms with Gasteiger partial charge in [0, 0.05) is 11.8 Å². The molecule has 0 aromatic carbocycles. The molecule has 6 rings (SSSR count). The number of rotatable bonds is 11. The summed E-state index contributed by atoms with van der Waals surface area (Å²) >= 11 is 0. The highest BCUT2D eigenvalue weighted by Gasteiger charge is 2.65. The second kappa shape index (κ2) is 16.2. The zero-order valence-electron chi connectivity index (χ0n) is 31.8. The van der Waals surface area contributed by atoms with Gasteiger partial charge in [0.1, 0.15) is 48.8 Å². The van der Waals surface area contributed by atoms with E-state index in [1.165, 1.54) is 0 Å². The number of hydrogen-bond acceptors (Lipinski definition) is 14. The second-order valence-electron chi connectivity index (χ2n) is 18.1. The first-order chi connectivity index (χ1) is 25.0. The first kappa shape index (κ1) is 41.8. The van der Waals surface area contributed by atoms with Crippen molar-refractivity contribution in [1.29, 1.82) is 0 Å².